The molecule has 2 aromatic rings. The van der Waals surface area contributed by atoms with Crippen LogP contribution in [0.4, 0.5) is 0 Å². The number of carboxylic acid groups (broad SMARTS) is 1. The van der Waals surface area contributed by atoms with E-state index in [0.717, 1.165) is 17.3 Å². The second-order valence-corrected chi connectivity index (χ2v) is 6.37. The number of carbonyl (C=O) groups is 2. The smallest absolute Gasteiger partial charge is 0.313 e. The predicted molar refractivity (Wildman–Crippen MR) is 90.0 cm³/mol. The van der Waals surface area contributed by atoms with Gasteiger partial charge in [0.05, 0.1) is 24.7 Å². The van der Waals surface area contributed by atoms with E-state index in [4.69, 9.17) is 14.4 Å². The molecule has 3 rings (SSSR count). The minimum Gasteiger partial charge on any atom is -0.481 e. The Hall–Kier alpha value is -2.39. The molecule has 8 nitrogen and oxygen atoms in total. The molecule has 0 bridgehead atoms. The zero-order chi connectivity index (χ0) is 17.6. The molecule has 1 fully saturated rings. The second-order valence-electron chi connectivity index (χ2n) is 5.39. The Kier molecular flexibility index (Phi) is 5.67. The van der Waals surface area contributed by atoms with Crippen molar-refractivity contribution in [2.45, 2.75) is 6.04 Å². The molecule has 1 atom stereocenters. The van der Waals surface area contributed by atoms with Crippen molar-refractivity contribution in [3.8, 4) is 11.5 Å². The third-order valence-corrected chi connectivity index (χ3v) is 4.56. The first kappa shape index (κ1) is 17.4. The average Bonchev–Trinajstić information content (AvgIpc) is 3.12. The minimum atomic E-state index is -0.943. The van der Waals surface area contributed by atoms with Gasteiger partial charge < -0.3 is 19.3 Å². The lowest BCUT2D eigenvalue weighted by Crippen LogP contribution is -2.44. The predicted octanol–water partition coefficient (Wildman–Crippen LogP) is 1.45. The van der Waals surface area contributed by atoms with Gasteiger partial charge in [-0.25, -0.2) is 0 Å². The molecule has 0 saturated carbocycles. The molecule has 0 aliphatic carbocycles. The summed E-state index contributed by atoms with van der Waals surface area (Å²) in [6.45, 7) is 1.12. The highest BCUT2D eigenvalue weighted by atomic mass is 32.2. The lowest BCUT2D eigenvalue weighted by atomic mass is 10.2. The molecule has 0 radical (unpaired) electrons. The van der Waals surface area contributed by atoms with Crippen LogP contribution in [0.3, 0.4) is 0 Å². The van der Waals surface area contributed by atoms with Gasteiger partial charge in [0.25, 0.3) is 5.89 Å². The number of aromatic nitrogens is 2. The van der Waals surface area contributed by atoms with Crippen molar-refractivity contribution in [2.75, 3.05) is 31.3 Å². The van der Waals surface area contributed by atoms with E-state index in [1.807, 2.05) is 30.3 Å². The molecule has 0 spiro atoms. The minimum absolute atomic E-state index is 0.0895. The van der Waals surface area contributed by atoms with Gasteiger partial charge in [-0.1, -0.05) is 23.4 Å². The van der Waals surface area contributed by atoms with Gasteiger partial charge in [0, 0.05) is 12.1 Å². The summed E-state index contributed by atoms with van der Waals surface area (Å²) in [4.78, 5) is 29.0. The van der Waals surface area contributed by atoms with E-state index in [1.165, 1.54) is 0 Å². The van der Waals surface area contributed by atoms with E-state index in [9.17, 15) is 9.59 Å². The fourth-order valence-corrected chi connectivity index (χ4v) is 3.11. The number of carboxylic acids is 1. The summed E-state index contributed by atoms with van der Waals surface area (Å²) in [5, 5.41) is 12.7. The molecule has 1 aromatic heterocycles. The summed E-state index contributed by atoms with van der Waals surface area (Å²) in [6, 6.07) is 8.93. The topological polar surface area (TPSA) is 106 Å². The lowest BCUT2D eigenvalue weighted by Gasteiger charge is -2.33. The maximum atomic E-state index is 12.4. The zero-order valence-corrected chi connectivity index (χ0v) is 14.1. The number of hydrogen-bond acceptors (Lipinski definition) is 7. The number of thioether (sulfide) groups is 1. The molecule has 1 aromatic carbocycles. The number of nitrogens with zero attached hydrogens (tertiary/aromatic N) is 3. The molecule has 1 unspecified atom stereocenters. The van der Waals surface area contributed by atoms with Crippen LogP contribution < -0.4 is 0 Å². The first-order chi connectivity index (χ1) is 12.1. The number of benzene rings is 1. The summed E-state index contributed by atoms with van der Waals surface area (Å²) in [7, 11) is 0. The molecule has 132 valence electrons. The third kappa shape index (κ3) is 4.37. The number of carbonyl (C=O) groups excluding carboxylic acids is 1. The quantitative estimate of drug-likeness (QED) is 0.822. The monoisotopic (exact) mass is 363 g/mol. The van der Waals surface area contributed by atoms with Crippen molar-refractivity contribution in [3.05, 3.63) is 36.2 Å². The third-order valence-electron chi connectivity index (χ3n) is 3.66. The van der Waals surface area contributed by atoms with Gasteiger partial charge in [-0.2, -0.15) is 4.98 Å². The van der Waals surface area contributed by atoms with E-state index >= 15 is 0 Å². The molecular weight excluding hydrogens is 346 g/mol. The van der Waals surface area contributed by atoms with Gasteiger partial charge in [-0.15, -0.1) is 11.8 Å². The fraction of sp³-hybridized carbons (Fsp3) is 0.375. The van der Waals surface area contributed by atoms with Crippen molar-refractivity contribution >= 4 is 23.6 Å². The normalized spacial score (nSPS) is 17.4. The van der Waals surface area contributed by atoms with Gasteiger partial charge in [0.2, 0.25) is 5.91 Å². The number of morpholine rings is 1. The lowest BCUT2D eigenvalue weighted by molar-refractivity contribution is -0.137. The van der Waals surface area contributed by atoms with Crippen LogP contribution in [-0.4, -0.2) is 63.3 Å². The SMILES string of the molecule is O=C(O)CSCC(=O)N1CCOCC1c1noc(-c2ccccc2)n1. The second kappa shape index (κ2) is 8.13. The Morgan fingerprint density at radius 2 is 2.08 bits per heavy atom. The molecule has 1 N–H and O–H groups in total. The van der Waals surface area contributed by atoms with Crippen LogP contribution >= 0.6 is 11.8 Å². The molecular formula is C16H17N3O5S. The first-order valence-corrected chi connectivity index (χ1v) is 8.86. The maximum Gasteiger partial charge on any atom is 0.313 e. The van der Waals surface area contributed by atoms with Crippen LogP contribution in [0.25, 0.3) is 11.5 Å². The Morgan fingerprint density at radius 1 is 1.28 bits per heavy atom. The molecule has 1 amide bonds. The number of ether oxygens (including phenoxy) is 1. The molecule has 1 aliphatic heterocycles. The molecule has 2 heterocycles. The maximum absolute atomic E-state index is 12.4. The summed E-state index contributed by atoms with van der Waals surface area (Å²) in [6.07, 6.45) is 0. The Labute approximate surface area is 148 Å². The Bertz CT molecular complexity index is 736. The van der Waals surface area contributed by atoms with Crippen molar-refractivity contribution < 1.29 is 24.0 Å². The zero-order valence-electron chi connectivity index (χ0n) is 13.3. The standard InChI is InChI=1S/C16H17N3O5S/c20-13(9-25-10-14(21)22)19-6-7-23-8-12(19)15-17-16(24-18-15)11-4-2-1-3-5-11/h1-5,12H,6-10H2,(H,21,22). The van der Waals surface area contributed by atoms with Crippen LogP contribution in [-0.2, 0) is 14.3 Å². The molecule has 9 heteroatoms. The van der Waals surface area contributed by atoms with Gasteiger partial charge in [-0.05, 0) is 12.1 Å². The molecule has 1 saturated heterocycles. The summed E-state index contributed by atoms with van der Waals surface area (Å²) >= 11 is 1.07. The summed E-state index contributed by atoms with van der Waals surface area (Å²) < 4.78 is 10.8. The number of amides is 1. The van der Waals surface area contributed by atoms with Gasteiger partial charge in [0.15, 0.2) is 5.82 Å². The van der Waals surface area contributed by atoms with E-state index < -0.39 is 12.0 Å². The van der Waals surface area contributed by atoms with Gasteiger partial charge in [-0.3, -0.25) is 9.59 Å². The van der Waals surface area contributed by atoms with Crippen molar-refractivity contribution in [1.82, 2.24) is 15.0 Å². The average molecular weight is 363 g/mol. The van der Waals surface area contributed by atoms with Crippen molar-refractivity contribution in [2.24, 2.45) is 0 Å². The van der Waals surface area contributed by atoms with Crippen LogP contribution in [0.1, 0.15) is 11.9 Å². The van der Waals surface area contributed by atoms with E-state index in [-0.39, 0.29) is 24.0 Å². The van der Waals surface area contributed by atoms with Gasteiger partial charge >= 0.3 is 5.97 Å². The Balaban J connectivity index is 1.72. The van der Waals surface area contributed by atoms with E-state index in [2.05, 4.69) is 10.1 Å². The van der Waals surface area contributed by atoms with Crippen molar-refractivity contribution in [1.29, 1.82) is 0 Å². The highest BCUT2D eigenvalue weighted by Gasteiger charge is 2.32. The van der Waals surface area contributed by atoms with Crippen molar-refractivity contribution in [3.63, 3.8) is 0 Å². The van der Waals surface area contributed by atoms with Crippen LogP contribution in [0.5, 0.6) is 0 Å². The highest BCUT2D eigenvalue weighted by molar-refractivity contribution is 8.00. The number of rotatable bonds is 6. The van der Waals surface area contributed by atoms with Crippen LogP contribution in [0.2, 0.25) is 0 Å². The van der Waals surface area contributed by atoms with Gasteiger partial charge in [0.1, 0.15) is 6.04 Å². The summed E-state index contributed by atoms with van der Waals surface area (Å²) in [5.74, 6) is -0.357. The molecule has 1 aliphatic rings. The molecule has 25 heavy (non-hydrogen) atoms. The Morgan fingerprint density at radius 3 is 2.84 bits per heavy atom. The van der Waals surface area contributed by atoms with E-state index in [0.29, 0.717) is 24.9 Å². The first-order valence-electron chi connectivity index (χ1n) is 7.71. The van der Waals surface area contributed by atoms with E-state index in [1.54, 1.807) is 4.90 Å². The fourth-order valence-electron chi connectivity index (χ4n) is 2.49. The number of hydrogen-bond donors (Lipinski definition) is 1. The van der Waals surface area contributed by atoms with Crippen LogP contribution in [0, 0.1) is 0 Å². The largest absolute Gasteiger partial charge is 0.481 e. The number of aliphatic carboxylic acids is 1. The van der Waals surface area contributed by atoms with Crippen LogP contribution in [0.15, 0.2) is 34.9 Å². The highest BCUT2D eigenvalue weighted by Crippen LogP contribution is 2.25. The summed E-state index contributed by atoms with van der Waals surface area (Å²) in [5.41, 5.74) is 0.799.